The number of rotatable bonds is 5. The number of hydrogen-bond donors (Lipinski definition) is 3. The van der Waals surface area contributed by atoms with Crippen molar-refractivity contribution in [3.8, 4) is 0 Å². The van der Waals surface area contributed by atoms with Gasteiger partial charge in [0.2, 0.25) is 11.6 Å². The van der Waals surface area contributed by atoms with Crippen molar-refractivity contribution >= 4 is 17.3 Å². The molecule has 19 heavy (non-hydrogen) atoms. The summed E-state index contributed by atoms with van der Waals surface area (Å²) in [5.74, 6) is 0.503. The molecule has 3 N–H and O–H groups in total. The van der Waals surface area contributed by atoms with Crippen molar-refractivity contribution in [3.05, 3.63) is 16.4 Å². The molecule has 0 aromatic carbocycles. The Kier molecular flexibility index (Phi) is 4.10. The smallest absolute Gasteiger partial charge is 0.353 e. The molecule has 8 nitrogen and oxygen atoms in total. The molecule has 1 fully saturated rings. The zero-order valence-corrected chi connectivity index (χ0v) is 10.7. The highest BCUT2D eigenvalue weighted by Gasteiger charge is 2.30. The molecule has 1 heterocycles. The summed E-state index contributed by atoms with van der Waals surface area (Å²) in [5.41, 5.74) is -0.159. The molecule has 0 spiro atoms. The van der Waals surface area contributed by atoms with Crippen molar-refractivity contribution in [2.75, 3.05) is 24.3 Å². The number of aliphatic hydroxyl groups is 1. The molecule has 0 radical (unpaired) electrons. The normalized spacial score (nSPS) is 22.2. The molecule has 1 aliphatic rings. The number of hydrogen-bond acceptors (Lipinski definition) is 7. The lowest BCUT2D eigenvalue weighted by molar-refractivity contribution is -0.383. The number of aromatic nitrogens is 2. The summed E-state index contributed by atoms with van der Waals surface area (Å²) in [6.45, 7) is 0.0788. The van der Waals surface area contributed by atoms with E-state index in [4.69, 9.17) is 0 Å². The highest BCUT2D eigenvalue weighted by molar-refractivity contribution is 5.69. The summed E-state index contributed by atoms with van der Waals surface area (Å²) < 4.78 is 0. The fourth-order valence-electron chi connectivity index (χ4n) is 2.46. The molecular weight excluding hydrogens is 250 g/mol. The van der Waals surface area contributed by atoms with Gasteiger partial charge in [0, 0.05) is 25.6 Å². The molecule has 1 aromatic heterocycles. The van der Waals surface area contributed by atoms with Gasteiger partial charge in [-0.15, -0.1) is 0 Å². The summed E-state index contributed by atoms with van der Waals surface area (Å²) >= 11 is 0. The number of anilines is 2. The molecule has 0 saturated heterocycles. The molecule has 2 atom stereocenters. The first-order chi connectivity index (χ1) is 9.17. The van der Waals surface area contributed by atoms with Gasteiger partial charge in [-0.2, -0.15) is 0 Å². The first-order valence-electron chi connectivity index (χ1n) is 6.22. The summed E-state index contributed by atoms with van der Waals surface area (Å²) in [6, 6.07) is 0.0170. The van der Waals surface area contributed by atoms with Gasteiger partial charge in [-0.05, 0) is 12.8 Å². The Morgan fingerprint density at radius 1 is 1.47 bits per heavy atom. The third-order valence-electron chi connectivity index (χ3n) is 3.46. The molecular formula is C11H17N5O3. The van der Waals surface area contributed by atoms with Gasteiger partial charge in [-0.25, -0.2) is 9.97 Å². The van der Waals surface area contributed by atoms with Crippen molar-refractivity contribution in [1.82, 2.24) is 9.97 Å². The van der Waals surface area contributed by atoms with E-state index in [9.17, 15) is 15.2 Å². The van der Waals surface area contributed by atoms with Crippen LogP contribution in [0.25, 0.3) is 0 Å². The Morgan fingerprint density at radius 3 is 2.84 bits per heavy atom. The van der Waals surface area contributed by atoms with Crippen molar-refractivity contribution in [2.24, 2.45) is 5.92 Å². The average Bonchev–Trinajstić information content (AvgIpc) is 2.85. The maximum absolute atomic E-state index is 11.1. The standard InChI is InChI=1S/C11H17N5O3/c1-12-10-9(16(18)19)11(14-6-13-10)15-8-4-2-3-7(8)5-17/h6-8,17H,2-5H2,1H3,(H2,12,13,14,15). The van der Waals surface area contributed by atoms with Crippen LogP contribution in [-0.2, 0) is 0 Å². The largest absolute Gasteiger partial charge is 0.396 e. The Morgan fingerprint density at radius 2 is 2.21 bits per heavy atom. The van der Waals surface area contributed by atoms with E-state index in [0.717, 1.165) is 19.3 Å². The SMILES string of the molecule is CNc1ncnc(NC2CCCC2CO)c1[N+](=O)[O-]. The minimum Gasteiger partial charge on any atom is -0.396 e. The van der Waals surface area contributed by atoms with Crippen molar-refractivity contribution < 1.29 is 10.0 Å². The lowest BCUT2D eigenvalue weighted by Gasteiger charge is -2.19. The highest BCUT2D eigenvalue weighted by Crippen LogP contribution is 2.33. The van der Waals surface area contributed by atoms with Crippen molar-refractivity contribution in [3.63, 3.8) is 0 Å². The Bertz CT molecular complexity index is 468. The zero-order chi connectivity index (χ0) is 13.8. The second-order valence-corrected chi connectivity index (χ2v) is 4.55. The molecule has 104 valence electrons. The van der Waals surface area contributed by atoms with E-state index in [1.165, 1.54) is 6.33 Å². The van der Waals surface area contributed by atoms with Crippen LogP contribution >= 0.6 is 0 Å². The quantitative estimate of drug-likeness (QED) is 0.538. The number of aliphatic hydroxyl groups excluding tert-OH is 1. The van der Waals surface area contributed by atoms with Crippen molar-refractivity contribution in [2.45, 2.75) is 25.3 Å². The Balaban J connectivity index is 2.27. The average molecular weight is 267 g/mol. The van der Waals surface area contributed by atoms with Gasteiger partial charge in [-0.1, -0.05) is 6.42 Å². The molecule has 0 bridgehead atoms. The van der Waals surface area contributed by atoms with E-state index in [1.807, 2.05) is 0 Å². The van der Waals surface area contributed by atoms with Gasteiger partial charge in [0.05, 0.1) is 4.92 Å². The molecule has 2 unspecified atom stereocenters. The van der Waals surface area contributed by atoms with Gasteiger partial charge in [0.25, 0.3) is 0 Å². The topological polar surface area (TPSA) is 113 Å². The van der Waals surface area contributed by atoms with Gasteiger partial charge in [0.1, 0.15) is 6.33 Å². The minimum absolute atomic E-state index is 0.0170. The van der Waals surface area contributed by atoms with Crippen LogP contribution in [0.1, 0.15) is 19.3 Å². The first-order valence-corrected chi connectivity index (χ1v) is 6.22. The van der Waals surface area contributed by atoms with Crippen LogP contribution in [-0.4, -0.2) is 39.7 Å². The predicted molar refractivity (Wildman–Crippen MR) is 70.1 cm³/mol. The molecule has 1 aromatic rings. The van der Waals surface area contributed by atoms with Crippen LogP contribution in [0.4, 0.5) is 17.3 Å². The molecule has 0 amide bonds. The molecule has 1 aliphatic carbocycles. The molecule has 8 heteroatoms. The van der Waals surface area contributed by atoms with Gasteiger partial charge >= 0.3 is 5.69 Å². The monoisotopic (exact) mass is 267 g/mol. The third kappa shape index (κ3) is 2.73. The second kappa shape index (κ2) is 5.79. The Labute approximate surface area is 110 Å². The van der Waals surface area contributed by atoms with Crippen LogP contribution in [0.2, 0.25) is 0 Å². The fourth-order valence-corrected chi connectivity index (χ4v) is 2.46. The predicted octanol–water partition coefficient (Wildman–Crippen LogP) is 0.999. The number of nitrogens with zero attached hydrogens (tertiary/aromatic N) is 3. The molecule has 1 saturated carbocycles. The van der Waals surface area contributed by atoms with E-state index < -0.39 is 4.92 Å². The third-order valence-corrected chi connectivity index (χ3v) is 3.46. The number of nitrogens with one attached hydrogen (secondary N) is 2. The minimum atomic E-state index is -0.503. The van der Waals surface area contributed by atoms with E-state index >= 15 is 0 Å². The number of nitro groups is 1. The lowest BCUT2D eigenvalue weighted by Crippen LogP contribution is -2.27. The zero-order valence-electron chi connectivity index (χ0n) is 10.7. The summed E-state index contributed by atoms with van der Waals surface area (Å²) in [4.78, 5) is 18.4. The maximum atomic E-state index is 11.1. The second-order valence-electron chi connectivity index (χ2n) is 4.55. The van der Waals surface area contributed by atoms with Gasteiger partial charge in [-0.3, -0.25) is 10.1 Å². The van der Waals surface area contributed by atoms with Crippen LogP contribution in [0.5, 0.6) is 0 Å². The van der Waals surface area contributed by atoms with E-state index in [1.54, 1.807) is 7.05 Å². The Hall–Kier alpha value is -1.96. The summed E-state index contributed by atoms with van der Waals surface area (Å²) in [5, 5.41) is 26.2. The highest BCUT2D eigenvalue weighted by atomic mass is 16.6. The van der Waals surface area contributed by atoms with Crippen LogP contribution in [0, 0.1) is 16.0 Å². The van der Waals surface area contributed by atoms with Gasteiger partial charge in [0.15, 0.2) is 0 Å². The first kappa shape index (κ1) is 13.5. The van der Waals surface area contributed by atoms with E-state index in [-0.39, 0.29) is 35.9 Å². The van der Waals surface area contributed by atoms with Crippen LogP contribution < -0.4 is 10.6 Å². The molecule has 0 aliphatic heterocycles. The van der Waals surface area contributed by atoms with Crippen LogP contribution in [0.15, 0.2) is 6.33 Å². The van der Waals surface area contributed by atoms with E-state index in [0.29, 0.717) is 0 Å². The lowest BCUT2D eigenvalue weighted by atomic mass is 10.1. The van der Waals surface area contributed by atoms with Gasteiger partial charge < -0.3 is 15.7 Å². The summed E-state index contributed by atoms with van der Waals surface area (Å²) in [6.07, 6.45) is 4.08. The summed E-state index contributed by atoms with van der Waals surface area (Å²) in [7, 11) is 1.57. The van der Waals surface area contributed by atoms with Crippen LogP contribution in [0.3, 0.4) is 0 Å². The fraction of sp³-hybridized carbons (Fsp3) is 0.636. The maximum Gasteiger partial charge on any atom is 0.353 e. The molecule has 2 rings (SSSR count). The van der Waals surface area contributed by atoms with Crippen molar-refractivity contribution in [1.29, 1.82) is 0 Å². The van der Waals surface area contributed by atoms with E-state index in [2.05, 4.69) is 20.6 Å².